The highest BCUT2D eigenvalue weighted by Crippen LogP contribution is 2.36. The van der Waals surface area contributed by atoms with Crippen LogP contribution in [-0.2, 0) is 0 Å². The van der Waals surface area contributed by atoms with Crippen molar-refractivity contribution in [2.75, 3.05) is 13.9 Å². The zero-order valence-corrected chi connectivity index (χ0v) is 13.9. The number of fused-ring (bicyclic) bond motifs is 1. The van der Waals surface area contributed by atoms with Gasteiger partial charge >= 0.3 is 0 Å². The van der Waals surface area contributed by atoms with Crippen LogP contribution >= 0.6 is 0 Å². The highest BCUT2D eigenvalue weighted by Gasteiger charge is 2.20. The van der Waals surface area contributed by atoms with Gasteiger partial charge in [-0.05, 0) is 35.7 Å². The molecule has 0 saturated carbocycles. The number of benzene rings is 2. The van der Waals surface area contributed by atoms with Crippen LogP contribution in [0.4, 0.5) is 0 Å². The minimum absolute atomic E-state index is 0.0538. The van der Waals surface area contributed by atoms with Crippen LogP contribution < -0.4 is 20.1 Å². The van der Waals surface area contributed by atoms with Crippen molar-refractivity contribution in [3.63, 3.8) is 0 Å². The standard InChI is InChI=1S/C18H20N2O4/c1-10(2)12-7-13(14(21)8-16(12)22-3)18(20-19)11-4-5-15-17(6-11)24-9-23-15/h4-8,10,21H,9,19H2,1-3H3. The largest absolute Gasteiger partial charge is 0.507 e. The van der Waals surface area contributed by atoms with Crippen molar-refractivity contribution in [2.24, 2.45) is 10.9 Å². The molecule has 3 rings (SSSR count). The molecular formula is C18H20N2O4. The van der Waals surface area contributed by atoms with E-state index in [1.54, 1.807) is 25.3 Å². The number of aromatic hydroxyl groups is 1. The Kier molecular flexibility index (Phi) is 4.20. The van der Waals surface area contributed by atoms with Crippen LogP contribution in [0.15, 0.2) is 35.4 Å². The number of phenols is 1. The molecule has 0 fully saturated rings. The molecule has 0 unspecified atom stereocenters. The van der Waals surface area contributed by atoms with Crippen molar-refractivity contribution < 1.29 is 19.3 Å². The van der Waals surface area contributed by atoms with E-state index in [4.69, 9.17) is 20.1 Å². The molecule has 126 valence electrons. The molecule has 6 heteroatoms. The van der Waals surface area contributed by atoms with E-state index in [2.05, 4.69) is 18.9 Å². The molecule has 3 N–H and O–H groups in total. The van der Waals surface area contributed by atoms with Gasteiger partial charge in [-0.15, -0.1) is 0 Å². The Hall–Kier alpha value is -2.89. The third-order valence-corrected chi connectivity index (χ3v) is 4.00. The van der Waals surface area contributed by atoms with Gasteiger partial charge in [0.1, 0.15) is 17.2 Å². The van der Waals surface area contributed by atoms with E-state index in [0.717, 1.165) is 11.1 Å². The maximum Gasteiger partial charge on any atom is 0.231 e. The van der Waals surface area contributed by atoms with Gasteiger partial charge in [0.2, 0.25) is 6.79 Å². The molecule has 0 atom stereocenters. The fourth-order valence-electron chi connectivity index (χ4n) is 2.75. The zero-order chi connectivity index (χ0) is 17.3. The summed E-state index contributed by atoms with van der Waals surface area (Å²) in [4.78, 5) is 0. The molecule has 0 spiro atoms. The monoisotopic (exact) mass is 328 g/mol. The van der Waals surface area contributed by atoms with E-state index < -0.39 is 0 Å². The number of hydrazone groups is 1. The van der Waals surface area contributed by atoms with E-state index in [1.165, 1.54) is 0 Å². The van der Waals surface area contributed by atoms with Gasteiger partial charge in [0.15, 0.2) is 11.5 Å². The van der Waals surface area contributed by atoms with Gasteiger partial charge in [-0.25, -0.2) is 0 Å². The smallest absolute Gasteiger partial charge is 0.231 e. The lowest BCUT2D eigenvalue weighted by molar-refractivity contribution is 0.174. The highest BCUT2D eigenvalue weighted by atomic mass is 16.7. The predicted molar refractivity (Wildman–Crippen MR) is 91.1 cm³/mol. The number of phenolic OH excluding ortho intramolecular Hbond substituents is 1. The fraction of sp³-hybridized carbons (Fsp3) is 0.278. The van der Waals surface area contributed by atoms with E-state index in [-0.39, 0.29) is 18.5 Å². The molecule has 6 nitrogen and oxygen atoms in total. The summed E-state index contributed by atoms with van der Waals surface area (Å²) in [5, 5.41) is 14.3. The van der Waals surface area contributed by atoms with Gasteiger partial charge in [-0.3, -0.25) is 0 Å². The molecule has 0 amide bonds. The first-order chi connectivity index (χ1) is 11.5. The topological polar surface area (TPSA) is 86.3 Å². The molecule has 24 heavy (non-hydrogen) atoms. The van der Waals surface area contributed by atoms with Crippen molar-refractivity contribution in [3.8, 4) is 23.0 Å². The highest BCUT2D eigenvalue weighted by molar-refractivity contribution is 6.14. The summed E-state index contributed by atoms with van der Waals surface area (Å²) in [5.74, 6) is 7.83. The molecule has 1 aliphatic heterocycles. The normalized spacial score (nSPS) is 13.4. The van der Waals surface area contributed by atoms with Gasteiger partial charge in [-0.1, -0.05) is 13.8 Å². The first kappa shape index (κ1) is 16.0. The maximum atomic E-state index is 10.4. The van der Waals surface area contributed by atoms with Crippen LogP contribution in [0, 0.1) is 0 Å². The number of methoxy groups -OCH3 is 1. The molecule has 0 radical (unpaired) electrons. The first-order valence-electron chi connectivity index (χ1n) is 7.64. The van der Waals surface area contributed by atoms with Crippen molar-refractivity contribution >= 4 is 5.71 Å². The van der Waals surface area contributed by atoms with E-state index in [1.807, 2.05) is 12.1 Å². The average Bonchev–Trinajstić information content (AvgIpc) is 3.04. The van der Waals surface area contributed by atoms with E-state index in [0.29, 0.717) is 28.5 Å². The Morgan fingerprint density at radius 1 is 1.21 bits per heavy atom. The zero-order valence-electron chi connectivity index (χ0n) is 13.9. The summed E-state index contributed by atoms with van der Waals surface area (Å²) in [6.45, 7) is 4.30. The van der Waals surface area contributed by atoms with Gasteiger partial charge in [-0.2, -0.15) is 5.10 Å². The molecule has 0 aliphatic carbocycles. The van der Waals surface area contributed by atoms with Crippen molar-refractivity contribution in [2.45, 2.75) is 19.8 Å². The predicted octanol–water partition coefficient (Wildman–Crippen LogP) is 2.96. The third kappa shape index (κ3) is 2.71. The van der Waals surface area contributed by atoms with Gasteiger partial charge in [0.05, 0.1) is 7.11 Å². The third-order valence-electron chi connectivity index (χ3n) is 4.00. The van der Waals surface area contributed by atoms with Crippen LogP contribution in [0.3, 0.4) is 0 Å². The van der Waals surface area contributed by atoms with Gasteiger partial charge in [0, 0.05) is 17.2 Å². The fourth-order valence-corrected chi connectivity index (χ4v) is 2.75. The molecule has 2 aromatic rings. The molecule has 0 saturated heterocycles. The minimum atomic E-state index is 0.0538. The maximum absolute atomic E-state index is 10.4. The van der Waals surface area contributed by atoms with Crippen molar-refractivity contribution in [3.05, 3.63) is 47.0 Å². The number of nitrogens with two attached hydrogens (primary N) is 1. The van der Waals surface area contributed by atoms with Gasteiger partial charge in [0.25, 0.3) is 0 Å². The summed E-state index contributed by atoms with van der Waals surface area (Å²) in [6.07, 6.45) is 0. The Morgan fingerprint density at radius 3 is 2.62 bits per heavy atom. The number of hydrogen-bond donors (Lipinski definition) is 2. The first-order valence-corrected chi connectivity index (χ1v) is 7.64. The van der Waals surface area contributed by atoms with Crippen LogP contribution in [0.25, 0.3) is 0 Å². The van der Waals surface area contributed by atoms with E-state index >= 15 is 0 Å². The van der Waals surface area contributed by atoms with Gasteiger partial charge < -0.3 is 25.2 Å². The quantitative estimate of drug-likeness (QED) is 0.512. The minimum Gasteiger partial charge on any atom is -0.507 e. The number of rotatable bonds is 4. The molecule has 1 aliphatic rings. The lowest BCUT2D eigenvalue weighted by atomic mass is 9.94. The number of nitrogens with zero attached hydrogens (tertiary/aromatic N) is 1. The Bertz CT molecular complexity index is 800. The Balaban J connectivity index is 2.10. The van der Waals surface area contributed by atoms with Crippen LogP contribution in [0.5, 0.6) is 23.0 Å². The molecule has 0 aromatic heterocycles. The van der Waals surface area contributed by atoms with E-state index in [9.17, 15) is 5.11 Å². The van der Waals surface area contributed by atoms with Crippen LogP contribution in [-0.4, -0.2) is 24.7 Å². The van der Waals surface area contributed by atoms with Crippen LogP contribution in [0.1, 0.15) is 36.5 Å². The summed E-state index contributed by atoms with van der Waals surface area (Å²) in [7, 11) is 1.58. The lowest BCUT2D eigenvalue weighted by Crippen LogP contribution is -2.08. The molecular weight excluding hydrogens is 308 g/mol. The molecule has 1 heterocycles. The SMILES string of the molecule is COc1cc(O)c(C(=NN)c2ccc3c(c2)OCO3)cc1C(C)C. The van der Waals surface area contributed by atoms with Crippen LogP contribution in [0.2, 0.25) is 0 Å². The second-order valence-corrected chi connectivity index (χ2v) is 5.81. The average molecular weight is 328 g/mol. The summed E-state index contributed by atoms with van der Waals surface area (Å²) in [5.41, 5.74) is 2.71. The van der Waals surface area contributed by atoms with Crippen molar-refractivity contribution in [1.82, 2.24) is 0 Å². The molecule has 0 bridgehead atoms. The lowest BCUT2D eigenvalue weighted by Gasteiger charge is -2.16. The summed E-state index contributed by atoms with van der Waals surface area (Å²) in [6, 6.07) is 8.87. The number of ether oxygens (including phenoxy) is 3. The number of hydrogen-bond acceptors (Lipinski definition) is 6. The summed E-state index contributed by atoms with van der Waals surface area (Å²) >= 11 is 0. The summed E-state index contributed by atoms with van der Waals surface area (Å²) < 4.78 is 16.1. The second-order valence-electron chi connectivity index (χ2n) is 5.81. The van der Waals surface area contributed by atoms with Crippen molar-refractivity contribution in [1.29, 1.82) is 0 Å². The second kappa shape index (κ2) is 6.31. The Morgan fingerprint density at radius 2 is 1.96 bits per heavy atom. The molecule has 2 aromatic carbocycles. The Labute approximate surface area is 140 Å².